The highest BCUT2D eigenvalue weighted by Crippen LogP contribution is 2.22. The van der Waals surface area contributed by atoms with Crippen molar-refractivity contribution >= 4 is 33.5 Å². The summed E-state index contributed by atoms with van der Waals surface area (Å²) in [6.07, 6.45) is 3.08. The molecule has 0 N–H and O–H groups in total. The van der Waals surface area contributed by atoms with Gasteiger partial charge < -0.3 is 9.64 Å². The number of sulfone groups is 1. The fourth-order valence-corrected chi connectivity index (χ4v) is 5.13. The molecule has 144 valence electrons. The van der Waals surface area contributed by atoms with Crippen molar-refractivity contribution in [3.8, 4) is 0 Å². The Hall–Kier alpha value is -1.54. The van der Waals surface area contributed by atoms with E-state index in [0.29, 0.717) is 18.4 Å². The fraction of sp³-hybridized carbons (Fsp3) is 0.556. The Morgan fingerprint density at radius 1 is 1.31 bits per heavy atom. The number of nitrogens with zero attached hydrogens (tertiary/aromatic N) is 1. The number of ether oxygens (including phenoxy) is 1. The van der Waals surface area contributed by atoms with Gasteiger partial charge in [0.1, 0.15) is 0 Å². The van der Waals surface area contributed by atoms with E-state index in [4.69, 9.17) is 4.74 Å². The number of carbonyl (C=O) groups excluding carboxylic acids is 2. The zero-order valence-corrected chi connectivity index (χ0v) is 16.9. The molecule has 0 spiro atoms. The van der Waals surface area contributed by atoms with Crippen molar-refractivity contribution in [2.24, 2.45) is 0 Å². The minimum atomic E-state index is -3.10. The zero-order chi connectivity index (χ0) is 19.3. The first-order chi connectivity index (χ1) is 12.3. The summed E-state index contributed by atoms with van der Waals surface area (Å²) in [6, 6.07) is 6.50. The highest BCUT2D eigenvalue weighted by atomic mass is 32.2. The molecule has 0 aliphatic carbocycles. The molecule has 1 saturated heterocycles. The first-order valence-corrected chi connectivity index (χ1v) is 11.6. The maximum Gasteiger partial charge on any atom is 0.338 e. The molecule has 1 fully saturated rings. The standard InChI is InChI=1S/C18H25NO5S2/c1-4-13(2)19(15-9-10-26(22,23)12-15)17(20)11-24-18(21)14-5-7-16(25-3)8-6-14/h5-8,13,15H,4,9-12H2,1-3H3/t13-,15-/m0/s1. The van der Waals surface area contributed by atoms with E-state index in [9.17, 15) is 18.0 Å². The minimum Gasteiger partial charge on any atom is -0.452 e. The third kappa shape index (κ3) is 5.23. The van der Waals surface area contributed by atoms with Crippen molar-refractivity contribution in [2.45, 2.75) is 43.7 Å². The number of esters is 1. The van der Waals surface area contributed by atoms with Crippen LogP contribution in [-0.4, -0.2) is 61.6 Å². The molecule has 6 nitrogen and oxygen atoms in total. The fourth-order valence-electron chi connectivity index (χ4n) is 3.01. The monoisotopic (exact) mass is 399 g/mol. The third-order valence-electron chi connectivity index (χ3n) is 4.61. The second kappa shape index (κ2) is 8.90. The summed E-state index contributed by atoms with van der Waals surface area (Å²) in [6.45, 7) is 3.43. The molecule has 2 rings (SSSR count). The first kappa shape index (κ1) is 20.8. The Bertz CT molecular complexity index is 745. The lowest BCUT2D eigenvalue weighted by Crippen LogP contribution is -2.48. The molecular formula is C18H25NO5S2. The van der Waals surface area contributed by atoms with Crippen LogP contribution in [0.5, 0.6) is 0 Å². The normalized spacial score (nSPS) is 19.7. The van der Waals surface area contributed by atoms with Gasteiger partial charge in [0.05, 0.1) is 17.1 Å². The van der Waals surface area contributed by atoms with E-state index in [1.54, 1.807) is 28.8 Å². The molecule has 26 heavy (non-hydrogen) atoms. The van der Waals surface area contributed by atoms with Gasteiger partial charge in [0.2, 0.25) is 0 Å². The van der Waals surface area contributed by atoms with Crippen LogP contribution < -0.4 is 0 Å². The molecule has 1 aliphatic rings. The van der Waals surface area contributed by atoms with Crippen molar-refractivity contribution in [2.75, 3.05) is 24.4 Å². The number of hydrogen-bond donors (Lipinski definition) is 0. The molecule has 1 aromatic carbocycles. The number of carbonyl (C=O) groups is 2. The summed E-state index contributed by atoms with van der Waals surface area (Å²) in [5.41, 5.74) is 0.383. The van der Waals surface area contributed by atoms with Crippen molar-refractivity contribution < 1.29 is 22.7 Å². The van der Waals surface area contributed by atoms with Gasteiger partial charge >= 0.3 is 5.97 Å². The molecule has 1 heterocycles. The van der Waals surface area contributed by atoms with Gasteiger partial charge in [0.25, 0.3) is 5.91 Å². The number of amides is 1. The van der Waals surface area contributed by atoms with Gasteiger partial charge in [-0.15, -0.1) is 11.8 Å². The quantitative estimate of drug-likeness (QED) is 0.517. The number of hydrogen-bond acceptors (Lipinski definition) is 6. The molecule has 0 bridgehead atoms. The van der Waals surface area contributed by atoms with Crippen LogP contribution in [0.1, 0.15) is 37.0 Å². The van der Waals surface area contributed by atoms with Crippen LogP contribution in [-0.2, 0) is 19.4 Å². The van der Waals surface area contributed by atoms with Crippen LogP contribution in [0, 0.1) is 0 Å². The maximum absolute atomic E-state index is 12.6. The van der Waals surface area contributed by atoms with Crippen LogP contribution in [0.3, 0.4) is 0 Å². The van der Waals surface area contributed by atoms with Crippen molar-refractivity contribution in [3.05, 3.63) is 29.8 Å². The summed E-state index contributed by atoms with van der Waals surface area (Å²) < 4.78 is 28.7. The lowest BCUT2D eigenvalue weighted by molar-refractivity contribution is -0.138. The molecule has 1 aliphatic heterocycles. The lowest BCUT2D eigenvalue weighted by Gasteiger charge is -2.33. The van der Waals surface area contributed by atoms with E-state index < -0.39 is 15.8 Å². The molecule has 0 radical (unpaired) electrons. The predicted octanol–water partition coefficient (Wildman–Crippen LogP) is 2.38. The van der Waals surface area contributed by atoms with Gasteiger partial charge in [-0.25, -0.2) is 13.2 Å². The molecule has 8 heteroatoms. The average Bonchev–Trinajstić information content (AvgIpc) is 2.99. The Morgan fingerprint density at radius 2 is 1.96 bits per heavy atom. The number of thioether (sulfide) groups is 1. The van der Waals surface area contributed by atoms with Crippen molar-refractivity contribution in [3.63, 3.8) is 0 Å². The van der Waals surface area contributed by atoms with E-state index >= 15 is 0 Å². The Morgan fingerprint density at radius 3 is 2.46 bits per heavy atom. The van der Waals surface area contributed by atoms with E-state index in [-0.39, 0.29) is 36.1 Å². The van der Waals surface area contributed by atoms with Gasteiger partial charge in [-0.05, 0) is 50.3 Å². The Balaban J connectivity index is 2.01. The highest BCUT2D eigenvalue weighted by molar-refractivity contribution is 7.98. The number of benzene rings is 1. The van der Waals surface area contributed by atoms with E-state index in [0.717, 1.165) is 4.90 Å². The summed E-state index contributed by atoms with van der Waals surface area (Å²) in [5, 5.41) is 0. The Kier molecular flexibility index (Phi) is 7.11. The summed E-state index contributed by atoms with van der Waals surface area (Å²) in [5.74, 6) is -0.836. The van der Waals surface area contributed by atoms with Crippen LogP contribution >= 0.6 is 11.8 Å². The molecule has 0 unspecified atom stereocenters. The van der Waals surface area contributed by atoms with E-state index in [1.807, 2.05) is 32.2 Å². The van der Waals surface area contributed by atoms with Crippen LogP contribution in [0.25, 0.3) is 0 Å². The minimum absolute atomic E-state index is 0.0207. The van der Waals surface area contributed by atoms with Crippen LogP contribution in [0.4, 0.5) is 0 Å². The lowest BCUT2D eigenvalue weighted by atomic mass is 10.1. The van der Waals surface area contributed by atoms with Gasteiger partial charge in [-0.1, -0.05) is 6.92 Å². The second-order valence-electron chi connectivity index (χ2n) is 6.42. The largest absolute Gasteiger partial charge is 0.452 e. The molecule has 1 aromatic rings. The topological polar surface area (TPSA) is 80.8 Å². The maximum atomic E-state index is 12.6. The highest BCUT2D eigenvalue weighted by Gasteiger charge is 2.36. The molecular weight excluding hydrogens is 374 g/mol. The summed E-state index contributed by atoms with van der Waals surface area (Å²) >= 11 is 1.57. The summed E-state index contributed by atoms with van der Waals surface area (Å²) in [7, 11) is -3.10. The van der Waals surface area contributed by atoms with Gasteiger partial charge in [-0.3, -0.25) is 4.79 Å². The molecule has 0 aromatic heterocycles. The van der Waals surface area contributed by atoms with E-state index in [1.165, 1.54) is 0 Å². The Labute approximate surface area is 159 Å². The molecule has 1 amide bonds. The van der Waals surface area contributed by atoms with Crippen molar-refractivity contribution in [1.82, 2.24) is 4.90 Å². The third-order valence-corrected chi connectivity index (χ3v) is 7.10. The average molecular weight is 400 g/mol. The van der Waals surface area contributed by atoms with Crippen LogP contribution in [0.15, 0.2) is 29.2 Å². The first-order valence-electron chi connectivity index (χ1n) is 8.60. The smallest absolute Gasteiger partial charge is 0.338 e. The van der Waals surface area contributed by atoms with Crippen molar-refractivity contribution in [1.29, 1.82) is 0 Å². The van der Waals surface area contributed by atoms with Gasteiger partial charge in [0, 0.05) is 17.0 Å². The second-order valence-corrected chi connectivity index (χ2v) is 9.53. The van der Waals surface area contributed by atoms with Crippen LogP contribution in [0.2, 0.25) is 0 Å². The summed E-state index contributed by atoms with van der Waals surface area (Å²) in [4.78, 5) is 27.4. The van der Waals surface area contributed by atoms with E-state index in [2.05, 4.69) is 0 Å². The van der Waals surface area contributed by atoms with Gasteiger partial charge in [-0.2, -0.15) is 0 Å². The van der Waals surface area contributed by atoms with Gasteiger partial charge in [0.15, 0.2) is 16.4 Å². The zero-order valence-electron chi connectivity index (χ0n) is 15.3. The molecule has 0 saturated carbocycles. The predicted molar refractivity (Wildman–Crippen MR) is 102 cm³/mol. The SMILES string of the molecule is CC[C@H](C)N(C(=O)COC(=O)c1ccc(SC)cc1)[C@H]1CCS(=O)(=O)C1. The number of rotatable bonds is 7. The molecule has 2 atom stereocenters.